The summed E-state index contributed by atoms with van der Waals surface area (Å²) in [4.78, 5) is 60.1. The van der Waals surface area contributed by atoms with Crippen molar-refractivity contribution >= 4 is 45.3 Å². The molecule has 3 aromatic carbocycles. The molecule has 3 saturated heterocycles. The number of hydrogen-bond donors (Lipinski definition) is 2. The number of benzene rings is 3. The third-order valence-corrected chi connectivity index (χ3v) is 11.5. The number of aryl methyl sites for hydroxylation is 2. The maximum Gasteiger partial charge on any atom is 0.313 e. The Labute approximate surface area is 319 Å². The molecule has 3 aliphatic rings. The Hall–Kier alpha value is -4.58. The first-order valence-corrected chi connectivity index (χ1v) is 18.9. The molecule has 2 bridgehead atoms. The van der Waals surface area contributed by atoms with Gasteiger partial charge in [0.05, 0.1) is 37.1 Å². The van der Waals surface area contributed by atoms with Crippen LogP contribution in [0, 0.1) is 25.7 Å². The Morgan fingerprint density at radius 3 is 2.26 bits per heavy atom. The lowest BCUT2D eigenvalue weighted by molar-refractivity contribution is -0.160. The van der Waals surface area contributed by atoms with Crippen molar-refractivity contribution < 1.29 is 33.8 Å². The molecule has 0 aromatic heterocycles. The molecule has 8 atom stereocenters. The van der Waals surface area contributed by atoms with E-state index >= 15 is 9.59 Å². The summed E-state index contributed by atoms with van der Waals surface area (Å²) in [6.45, 7) is 11.2. The number of aliphatic hydroxyl groups excluding tert-OH is 1. The molecule has 3 amide bonds. The van der Waals surface area contributed by atoms with E-state index in [-0.39, 0.29) is 36.7 Å². The zero-order valence-corrected chi connectivity index (χ0v) is 31.6. The van der Waals surface area contributed by atoms with Crippen LogP contribution < -0.4 is 10.2 Å². The molecular weight excluding hydrogens is 738 g/mol. The van der Waals surface area contributed by atoms with Gasteiger partial charge in [0.2, 0.25) is 11.8 Å². The van der Waals surface area contributed by atoms with Crippen molar-refractivity contribution in [3.05, 3.63) is 126 Å². The minimum Gasteiger partial charge on any atom is -0.455 e. The number of rotatable bonds is 15. The van der Waals surface area contributed by atoms with Gasteiger partial charge in [-0.05, 0) is 48.9 Å². The Balaban J connectivity index is 1.42. The molecular formula is C42H46BrN3O7. The van der Waals surface area contributed by atoms with Gasteiger partial charge in [-0.3, -0.25) is 19.2 Å². The molecule has 1 spiro atoms. The fraction of sp³-hybridized carbons (Fsp3) is 0.381. The van der Waals surface area contributed by atoms with Gasteiger partial charge in [-0.25, -0.2) is 0 Å². The molecule has 3 aromatic rings. The molecule has 10 nitrogen and oxygen atoms in total. The normalized spacial score (nSPS) is 25.3. The van der Waals surface area contributed by atoms with E-state index in [4.69, 9.17) is 9.47 Å². The number of alkyl halides is 1. The van der Waals surface area contributed by atoms with Crippen LogP contribution in [0.4, 0.5) is 5.69 Å². The SMILES string of the molecule is C=CCCC(=O)NC[C@@H](OC(=O)[C@@H]1[C@H]2O[C@@]3(CC2Br)[C@H](C(=O)N(CC=C)c2c(C)cccc2C)N([C@H](CO)c2ccccc2)C(=O)[C@@H]13)c1ccccc1. The number of carbonyl (C=O) groups is 4. The maximum absolute atomic E-state index is 15.3. The summed E-state index contributed by atoms with van der Waals surface area (Å²) in [5.74, 6) is -3.90. The van der Waals surface area contributed by atoms with Gasteiger partial charge in [0.25, 0.3) is 5.91 Å². The van der Waals surface area contributed by atoms with Gasteiger partial charge in [-0.1, -0.05) is 107 Å². The summed E-state index contributed by atoms with van der Waals surface area (Å²) >= 11 is 3.75. The van der Waals surface area contributed by atoms with Crippen LogP contribution >= 0.6 is 15.9 Å². The summed E-state index contributed by atoms with van der Waals surface area (Å²) in [5.41, 5.74) is 2.32. The second-order valence-corrected chi connectivity index (χ2v) is 15.1. The number of likely N-dealkylation sites (tertiary alicyclic amines) is 1. The number of carbonyl (C=O) groups excluding carboxylic acids is 4. The molecule has 6 rings (SSSR count). The minimum atomic E-state index is -1.42. The van der Waals surface area contributed by atoms with Crippen molar-refractivity contribution in [1.82, 2.24) is 10.2 Å². The van der Waals surface area contributed by atoms with Gasteiger partial charge in [-0.2, -0.15) is 0 Å². The van der Waals surface area contributed by atoms with E-state index in [1.807, 2.05) is 80.6 Å². The molecule has 3 heterocycles. The largest absolute Gasteiger partial charge is 0.455 e. The van der Waals surface area contributed by atoms with E-state index in [1.54, 1.807) is 29.2 Å². The number of nitrogens with one attached hydrogen (secondary N) is 1. The Kier molecular flexibility index (Phi) is 11.7. The third kappa shape index (κ3) is 7.10. The second-order valence-electron chi connectivity index (χ2n) is 14.0. The molecule has 2 N–H and O–H groups in total. The standard InChI is InChI=1S/C42H46BrN3O7/c1-5-7-21-33(48)44-24-32(29-19-12-9-13-20-29)52-41(51)34-35-39(49)46(31(25-47)28-17-10-8-11-18-28)38(42(35)23-30(43)37(34)53-42)40(50)45(22-6-2)36-26(3)15-14-16-27(36)4/h5-6,8-20,30-32,34-35,37-38,47H,1-2,7,21-25H2,3-4H3,(H,44,48)/t30?,31-,32-,34+,35-,37+,38+,42-/m1/s1. The molecule has 0 radical (unpaired) electrons. The van der Waals surface area contributed by atoms with Crippen molar-refractivity contribution in [2.24, 2.45) is 11.8 Å². The number of esters is 1. The van der Waals surface area contributed by atoms with Crippen LogP contribution in [0.15, 0.2) is 104 Å². The summed E-state index contributed by atoms with van der Waals surface area (Å²) in [6, 6.07) is 21.8. The predicted molar refractivity (Wildman–Crippen MR) is 205 cm³/mol. The highest BCUT2D eigenvalue weighted by atomic mass is 79.9. The first kappa shape index (κ1) is 38.2. The van der Waals surface area contributed by atoms with Crippen LogP contribution in [0.3, 0.4) is 0 Å². The highest BCUT2D eigenvalue weighted by Gasteiger charge is 2.77. The number of anilines is 1. The van der Waals surface area contributed by atoms with Crippen LogP contribution in [0.2, 0.25) is 0 Å². The van der Waals surface area contributed by atoms with E-state index in [2.05, 4.69) is 34.4 Å². The number of hydrogen-bond acceptors (Lipinski definition) is 7. The van der Waals surface area contributed by atoms with Gasteiger partial charge < -0.3 is 29.7 Å². The van der Waals surface area contributed by atoms with E-state index < -0.39 is 66.1 Å². The fourth-order valence-corrected chi connectivity index (χ4v) is 9.37. The van der Waals surface area contributed by atoms with Gasteiger partial charge >= 0.3 is 5.97 Å². The van der Waals surface area contributed by atoms with Crippen LogP contribution in [0.5, 0.6) is 0 Å². The van der Waals surface area contributed by atoms with Gasteiger partial charge in [0, 0.05) is 23.5 Å². The minimum absolute atomic E-state index is 0.0194. The van der Waals surface area contributed by atoms with Gasteiger partial charge in [0.1, 0.15) is 17.7 Å². The number of para-hydroxylation sites is 1. The molecule has 0 saturated carbocycles. The van der Waals surface area contributed by atoms with Crippen molar-refractivity contribution in [2.45, 2.75) is 67.8 Å². The predicted octanol–water partition coefficient (Wildman–Crippen LogP) is 5.67. The maximum atomic E-state index is 15.3. The number of aliphatic hydroxyl groups is 1. The number of amides is 3. The number of nitrogens with zero attached hydrogens (tertiary/aromatic N) is 2. The molecule has 11 heteroatoms. The van der Waals surface area contributed by atoms with Crippen LogP contribution in [0.25, 0.3) is 0 Å². The van der Waals surface area contributed by atoms with Gasteiger partial charge in [0.15, 0.2) is 0 Å². The molecule has 3 fully saturated rings. The average molecular weight is 785 g/mol. The number of allylic oxidation sites excluding steroid dienone is 1. The average Bonchev–Trinajstić information content (AvgIpc) is 3.76. The Morgan fingerprint density at radius 1 is 1.02 bits per heavy atom. The number of halogens is 1. The highest BCUT2D eigenvalue weighted by molar-refractivity contribution is 9.09. The lowest BCUT2D eigenvalue weighted by atomic mass is 9.70. The van der Waals surface area contributed by atoms with Crippen molar-refractivity contribution in [2.75, 3.05) is 24.6 Å². The topological polar surface area (TPSA) is 125 Å². The highest BCUT2D eigenvalue weighted by Crippen LogP contribution is 2.61. The zero-order valence-electron chi connectivity index (χ0n) is 30.0. The lowest BCUT2D eigenvalue weighted by Gasteiger charge is -2.40. The number of fused-ring (bicyclic) bond motifs is 1. The summed E-state index contributed by atoms with van der Waals surface area (Å²) in [5, 5.41) is 13.8. The van der Waals surface area contributed by atoms with E-state index in [0.29, 0.717) is 23.2 Å². The molecule has 278 valence electrons. The van der Waals surface area contributed by atoms with E-state index in [9.17, 15) is 14.7 Å². The second kappa shape index (κ2) is 16.2. The first-order valence-electron chi connectivity index (χ1n) is 18.0. The quantitative estimate of drug-likeness (QED) is 0.116. The van der Waals surface area contributed by atoms with E-state index in [1.165, 1.54) is 4.90 Å². The first-order chi connectivity index (χ1) is 25.6. The monoisotopic (exact) mass is 783 g/mol. The summed E-state index contributed by atoms with van der Waals surface area (Å²) in [6.07, 6.45) is 2.69. The van der Waals surface area contributed by atoms with Crippen LogP contribution in [-0.2, 0) is 28.7 Å². The van der Waals surface area contributed by atoms with E-state index in [0.717, 1.165) is 11.1 Å². The van der Waals surface area contributed by atoms with Crippen molar-refractivity contribution in [1.29, 1.82) is 0 Å². The summed E-state index contributed by atoms with van der Waals surface area (Å²) in [7, 11) is 0. The molecule has 1 unspecified atom stereocenters. The lowest BCUT2D eigenvalue weighted by Crippen LogP contribution is -2.58. The number of ether oxygens (including phenoxy) is 2. The molecule has 53 heavy (non-hydrogen) atoms. The van der Waals surface area contributed by atoms with Crippen LogP contribution in [0.1, 0.15) is 53.7 Å². The smallest absolute Gasteiger partial charge is 0.313 e. The zero-order chi connectivity index (χ0) is 37.9. The summed E-state index contributed by atoms with van der Waals surface area (Å²) < 4.78 is 13.0. The molecule has 3 aliphatic heterocycles. The van der Waals surface area contributed by atoms with Gasteiger partial charge in [-0.15, -0.1) is 13.2 Å². The van der Waals surface area contributed by atoms with Crippen LogP contribution in [-0.4, -0.2) is 76.0 Å². The third-order valence-electron chi connectivity index (χ3n) is 10.7. The Bertz CT molecular complexity index is 1840. The molecule has 0 aliphatic carbocycles. The Morgan fingerprint density at radius 2 is 1.66 bits per heavy atom. The van der Waals surface area contributed by atoms with Crippen molar-refractivity contribution in [3.8, 4) is 0 Å². The fourth-order valence-electron chi connectivity index (χ4n) is 8.42. The van der Waals surface area contributed by atoms with Crippen molar-refractivity contribution in [3.63, 3.8) is 0 Å².